The largest absolute Gasteiger partial charge is 0.510 e. The van der Waals surface area contributed by atoms with E-state index in [2.05, 4.69) is 0 Å². The van der Waals surface area contributed by atoms with Gasteiger partial charge in [-0.15, -0.1) is 0 Å². The lowest BCUT2D eigenvalue weighted by atomic mass is 9.56. The molecule has 0 aromatic heterocycles. The van der Waals surface area contributed by atoms with E-state index in [0.717, 1.165) is 0 Å². The van der Waals surface area contributed by atoms with Crippen molar-refractivity contribution in [2.24, 2.45) is 17.6 Å². The molecule has 1 saturated carbocycles. The van der Waals surface area contributed by atoms with Crippen molar-refractivity contribution >= 4 is 34.5 Å². The highest BCUT2D eigenvalue weighted by Crippen LogP contribution is 2.53. The number of nitrogens with two attached hydrogens (primary N) is 2. The van der Waals surface area contributed by atoms with E-state index in [1.807, 2.05) is 0 Å². The number of rotatable bonds is 3. The number of aliphatic hydroxyl groups is 3. The van der Waals surface area contributed by atoms with Crippen molar-refractivity contribution in [3.05, 3.63) is 34.1 Å². The first-order valence-electron chi connectivity index (χ1n) is 10.8. The number of anilines is 2. The number of nitrogens with one attached hydrogen (secondary N) is 1. The predicted molar refractivity (Wildman–Crippen MR) is 126 cm³/mol. The summed E-state index contributed by atoms with van der Waals surface area (Å²) in [6, 6.07) is 0.615. The number of phenols is 1. The van der Waals surface area contributed by atoms with Gasteiger partial charge in [-0.3, -0.25) is 14.5 Å². The van der Waals surface area contributed by atoms with Gasteiger partial charge in [0.2, 0.25) is 5.78 Å². The van der Waals surface area contributed by atoms with Crippen LogP contribution in [-0.4, -0.2) is 82.6 Å². The number of Topliss-reactive ketones (excluding diaryl/α,β-unsaturated/α-hetero) is 1. The Balaban J connectivity index is 1.99. The lowest BCUT2D eigenvalue weighted by Crippen LogP contribution is -2.67. The summed E-state index contributed by atoms with van der Waals surface area (Å²) in [6.45, 7) is 0. The van der Waals surface area contributed by atoms with Crippen LogP contribution in [-0.2, 0) is 16.0 Å². The normalized spacial score (nSPS) is 28.6. The maximum absolute atomic E-state index is 13.8. The summed E-state index contributed by atoms with van der Waals surface area (Å²) in [5.74, 6) is -5.06. The van der Waals surface area contributed by atoms with Gasteiger partial charge in [-0.05, 0) is 44.5 Å². The zero-order valence-corrected chi connectivity index (χ0v) is 19.4. The number of benzene rings is 1. The number of aromatic hydroxyl groups is 1. The van der Waals surface area contributed by atoms with Gasteiger partial charge in [0, 0.05) is 31.3 Å². The molecular formula is C23H29N5O6. The highest BCUT2D eigenvalue weighted by atomic mass is 16.3. The van der Waals surface area contributed by atoms with Crippen molar-refractivity contribution in [3.63, 3.8) is 0 Å². The average molecular weight is 472 g/mol. The van der Waals surface area contributed by atoms with E-state index in [4.69, 9.17) is 16.9 Å². The average Bonchev–Trinajstić information content (AvgIpc) is 2.72. The van der Waals surface area contributed by atoms with E-state index in [1.165, 1.54) is 0 Å². The summed E-state index contributed by atoms with van der Waals surface area (Å²) in [7, 11) is 6.80. The fraction of sp³-hybridized carbons (Fsp3) is 0.435. The quantitative estimate of drug-likeness (QED) is 0.235. The van der Waals surface area contributed by atoms with Crippen LogP contribution < -0.4 is 16.4 Å². The summed E-state index contributed by atoms with van der Waals surface area (Å²) in [5.41, 5.74) is 8.51. The third kappa shape index (κ3) is 2.86. The van der Waals surface area contributed by atoms with E-state index in [0.29, 0.717) is 11.3 Å². The van der Waals surface area contributed by atoms with Gasteiger partial charge in [0.05, 0.1) is 23.0 Å². The van der Waals surface area contributed by atoms with Gasteiger partial charge < -0.3 is 42.2 Å². The number of likely N-dealkylation sites (N-methyl/N-ethyl adjacent to an activating group) is 1. The van der Waals surface area contributed by atoms with Gasteiger partial charge in [0.1, 0.15) is 22.8 Å². The molecule has 0 aliphatic heterocycles. The number of fused-ring (bicyclic) bond motifs is 3. The SMILES string of the molecule is CN(C)c1cc(N)c(O)c2c1C[C@H]1C[C@H]3[C@H](N(C)C)C(O)=C(C(N)=O)C(=N)[C@@]3(O)C(=O)C1=C2O. The van der Waals surface area contributed by atoms with Crippen LogP contribution in [0.4, 0.5) is 11.4 Å². The van der Waals surface area contributed by atoms with Crippen LogP contribution in [0.1, 0.15) is 17.5 Å². The molecule has 11 nitrogen and oxygen atoms in total. The van der Waals surface area contributed by atoms with Gasteiger partial charge in [-0.25, -0.2) is 0 Å². The molecule has 1 aromatic rings. The summed E-state index contributed by atoms with van der Waals surface area (Å²) >= 11 is 0. The van der Waals surface area contributed by atoms with E-state index in [1.54, 1.807) is 44.1 Å². The lowest BCUT2D eigenvalue weighted by molar-refractivity contribution is -0.138. The second kappa shape index (κ2) is 7.47. The van der Waals surface area contributed by atoms with E-state index in [-0.39, 0.29) is 35.4 Å². The molecule has 0 saturated heterocycles. The van der Waals surface area contributed by atoms with Gasteiger partial charge >= 0.3 is 0 Å². The fourth-order valence-corrected chi connectivity index (χ4v) is 5.77. The molecule has 3 aliphatic rings. The standard InChI is InChI=1S/C23H29N5O6/c1-27(2)12-7-11(24)17(29)14-9(12)5-8-6-10-16(28(3)4)19(31)15(22(26)33)20(25)23(10,34)21(32)13(8)18(14)30/h7-8,10,16,25,29-31,34H,5-6,24H2,1-4H3,(H2,26,33)/t8-,10-,16-,23+/m0/s1. The molecule has 0 unspecified atom stereocenters. The first-order valence-corrected chi connectivity index (χ1v) is 10.8. The number of amides is 1. The number of hydrogen-bond donors (Lipinski definition) is 7. The number of carbonyl (C=O) groups is 2. The Bertz CT molecular complexity index is 1220. The van der Waals surface area contributed by atoms with Gasteiger partial charge in [0.25, 0.3) is 5.91 Å². The van der Waals surface area contributed by atoms with Crippen LogP contribution in [0.2, 0.25) is 0 Å². The second-order valence-corrected chi connectivity index (χ2v) is 9.59. The Hall–Kier alpha value is -3.57. The molecule has 34 heavy (non-hydrogen) atoms. The highest BCUT2D eigenvalue weighted by Gasteiger charge is 2.63. The molecule has 0 heterocycles. The molecule has 0 radical (unpaired) electrons. The number of nitrogen functional groups attached to an aromatic ring is 1. The molecule has 9 N–H and O–H groups in total. The number of hydrogen-bond acceptors (Lipinski definition) is 10. The number of ketones is 1. The third-order valence-electron chi connectivity index (χ3n) is 7.26. The third-order valence-corrected chi connectivity index (χ3v) is 7.26. The Morgan fingerprint density at radius 2 is 1.82 bits per heavy atom. The fourth-order valence-electron chi connectivity index (χ4n) is 5.77. The molecule has 0 bridgehead atoms. The van der Waals surface area contributed by atoms with E-state index < -0.39 is 58.0 Å². The minimum absolute atomic E-state index is 0.00497. The Kier molecular flexibility index (Phi) is 5.18. The topological polar surface area (TPSA) is 197 Å². The molecule has 1 amide bonds. The predicted octanol–water partition coefficient (Wildman–Crippen LogP) is 0.0629. The molecule has 0 spiro atoms. The second-order valence-electron chi connectivity index (χ2n) is 9.59. The lowest BCUT2D eigenvalue weighted by Gasteiger charge is -2.51. The number of primary amides is 1. The maximum atomic E-state index is 13.8. The maximum Gasteiger partial charge on any atom is 0.254 e. The van der Waals surface area contributed by atoms with Crippen LogP contribution in [0.25, 0.3) is 5.76 Å². The summed E-state index contributed by atoms with van der Waals surface area (Å²) in [4.78, 5) is 29.2. The Morgan fingerprint density at radius 3 is 2.35 bits per heavy atom. The molecule has 4 atom stereocenters. The molecule has 182 valence electrons. The first kappa shape index (κ1) is 23.6. The number of carbonyl (C=O) groups excluding carboxylic acids is 2. The van der Waals surface area contributed by atoms with Gasteiger partial charge in [-0.2, -0.15) is 0 Å². The smallest absolute Gasteiger partial charge is 0.254 e. The van der Waals surface area contributed by atoms with Crippen molar-refractivity contribution in [1.82, 2.24) is 4.90 Å². The zero-order chi connectivity index (χ0) is 25.4. The van der Waals surface area contributed by atoms with Crippen molar-refractivity contribution in [3.8, 4) is 5.75 Å². The van der Waals surface area contributed by atoms with E-state index >= 15 is 0 Å². The minimum Gasteiger partial charge on any atom is -0.510 e. The van der Waals surface area contributed by atoms with Crippen molar-refractivity contribution < 1.29 is 30.0 Å². The molecule has 4 rings (SSSR count). The van der Waals surface area contributed by atoms with Crippen LogP contribution in [0, 0.1) is 17.2 Å². The summed E-state index contributed by atoms with van der Waals surface area (Å²) in [6.07, 6.45) is 0.357. The summed E-state index contributed by atoms with van der Waals surface area (Å²) < 4.78 is 0. The molecule has 11 heteroatoms. The minimum atomic E-state index is -2.51. The van der Waals surface area contributed by atoms with Crippen LogP contribution in [0.5, 0.6) is 5.75 Å². The number of phenolic OH excluding ortho intramolecular Hbond substituents is 1. The zero-order valence-electron chi connectivity index (χ0n) is 19.4. The highest BCUT2D eigenvalue weighted by molar-refractivity contribution is 6.34. The molecule has 1 aromatic carbocycles. The van der Waals surface area contributed by atoms with Gasteiger partial charge in [0.15, 0.2) is 5.60 Å². The molecule has 1 fully saturated rings. The van der Waals surface area contributed by atoms with Crippen molar-refractivity contribution in [2.45, 2.75) is 24.5 Å². The molecular weight excluding hydrogens is 442 g/mol. The first-order chi connectivity index (χ1) is 15.7. The van der Waals surface area contributed by atoms with Crippen LogP contribution >= 0.6 is 0 Å². The summed E-state index contributed by atoms with van der Waals surface area (Å²) in [5, 5.41) is 52.8. The van der Waals surface area contributed by atoms with Gasteiger partial charge in [-0.1, -0.05) is 0 Å². The van der Waals surface area contributed by atoms with Crippen molar-refractivity contribution in [2.75, 3.05) is 38.8 Å². The van der Waals surface area contributed by atoms with Crippen molar-refractivity contribution in [1.29, 1.82) is 5.41 Å². The Morgan fingerprint density at radius 1 is 1.21 bits per heavy atom. The Labute approximate surface area is 196 Å². The molecule has 3 aliphatic carbocycles. The number of aliphatic hydroxyl groups excluding tert-OH is 2. The van der Waals surface area contributed by atoms with Crippen LogP contribution in [0.3, 0.4) is 0 Å². The number of nitrogens with zero attached hydrogens (tertiary/aromatic N) is 2. The monoisotopic (exact) mass is 471 g/mol. The van der Waals surface area contributed by atoms with Crippen LogP contribution in [0.15, 0.2) is 23.0 Å². The van der Waals surface area contributed by atoms with E-state index in [9.17, 15) is 30.0 Å².